The Morgan fingerprint density at radius 2 is 1.57 bits per heavy atom. The lowest BCUT2D eigenvalue weighted by atomic mass is 9.64. The number of methoxy groups -OCH3 is 2. The molecule has 174 valence electrons. The molecule has 3 aromatic carbocycles. The molecule has 3 aromatic rings. The first kappa shape index (κ1) is 21.4. The van der Waals surface area contributed by atoms with Crippen LogP contribution in [0.5, 0.6) is 5.75 Å². The van der Waals surface area contributed by atoms with Gasteiger partial charge in [0.2, 0.25) is 0 Å². The molecule has 1 fully saturated rings. The maximum absolute atomic E-state index is 14.3. The third kappa shape index (κ3) is 2.68. The molecule has 2 heterocycles. The number of fused-ring (bicyclic) bond motifs is 5. The van der Waals surface area contributed by atoms with Gasteiger partial charge in [-0.25, -0.2) is 4.79 Å². The van der Waals surface area contributed by atoms with E-state index in [0.29, 0.717) is 22.4 Å². The number of ether oxygens (including phenoxy) is 2. The molecule has 1 aliphatic carbocycles. The van der Waals surface area contributed by atoms with Crippen molar-refractivity contribution in [1.82, 2.24) is 0 Å². The zero-order chi connectivity index (χ0) is 24.3. The number of ketones is 2. The average Bonchev–Trinajstić information content (AvgIpc) is 3.35. The van der Waals surface area contributed by atoms with Crippen molar-refractivity contribution in [2.24, 2.45) is 5.41 Å². The van der Waals surface area contributed by atoms with Crippen LogP contribution in [0.4, 0.5) is 5.69 Å². The Morgan fingerprint density at radius 3 is 2.26 bits per heavy atom. The minimum Gasteiger partial charge on any atom is -0.497 e. The number of anilines is 1. The van der Waals surface area contributed by atoms with Crippen LogP contribution in [0.15, 0.2) is 78.9 Å². The van der Waals surface area contributed by atoms with Crippen molar-refractivity contribution in [3.8, 4) is 5.75 Å². The van der Waals surface area contributed by atoms with Crippen molar-refractivity contribution in [2.45, 2.75) is 18.0 Å². The molecule has 0 N–H and O–H groups in total. The van der Waals surface area contributed by atoms with E-state index in [0.717, 1.165) is 11.3 Å². The van der Waals surface area contributed by atoms with Gasteiger partial charge in [-0.05, 0) is 29.3 Å². The smallest absolute Gasteiger partial charge is 0.329 e. The molecule has 3 aliphatic rings. The fourth-order valence-electron chi connectivity index (χ4n) is 6.22. The van der Waals surface area contributed by atoms with Crippen LogP contribution in [0.25, 0.3) is 6.08 Å². The van der Waals surface area contributed by atoms with Crippen LogP contribution in [0.2, 0.25) is 0 Å². The molecule has 6 heteroatoms. The maximum atomic E-state index is 14.3. The summed E-state index contributed by atoms with van der Waals surface area (Å²) in [4.78, 5) is 44.1. The van der Waals surface area contributed by atoms with Gasteiger partial charge in [-0.2, -0.15) is 0 Å². The lowest BCUT2D eigenvalue weighted by Crippen LogP contribution is -2.48. The summed E-state index contributed by atoms with van der Waals surface area (Å²) in [6.45, 7) is 0. The Bertz CT molecular complexity index is 1390. The van der Waals surface area contributed by atoms with Crippen LogP contribution in [0, 0.1) is 5.41 Å². The van der Waals surface area contributed by atoms with Crippen molar-refractivity contribution in [3.63, 3.8) is 0 Å². The third-order valence-corrected chi connectivity index (χ3v) is 7.61. The largest absolute Gasteiger partial charge is 0.497 e. The molecule has 6 rings (SSSR count). The van der Waals surface area contributed by atoms with Crippen LogP contribution >= 0.6 is 0 Å². The molecule has 3 unspecified atom stereocenters. The van der Waals surface area contributed by atoms with Gasteiger partial charge in [0.1, 0.15) is 17.2 Å². The Hall–Kier alpha value is -4.19. The maximum Gasteiger partial charge on any atom is 0.329 e. The SMILES string of the molecule is COC(=O)C1C(c2cccc(OC)c2)C2(C(=O)c3ccccc3C2=O)C2C=Cc3ccccc3N12. The first-order chi connectivity index (χ1) is 17.0. The van der Waals surface area contributed by atoms with E-state index in [9.17, 15) is 14.4 Å². The highest BCUT2D eigenvalue weighted by atomic mass is 16.5. The first-order valence-corrected chi connectivity index (χ1v) is 11.5. The van der Waals surface area contributed by atoms with E-state index < -0.39 is 29.4 Å². The molecule has 35 heavy (non-hydrogen) atoms. The van der Waals surface area contributed by atoms with Crippen molar-refractivity contribution < 1.29 is 23.9 Å². The highest BCUT2D eigenvalue weighted by Gasteiger charge is 2.71. The van der Waals surface area contributed by atoms with Crippen LogP contribution in [0.1, 0.15) is 37.8 Å². The van der Waals surface area contributed by atoms with Crippen molar-refractivity contribution in [2.75, 3.05) is 19.1 Å². The van der Waals surface area contributed by atoms with Gasteiger partial charge < -0.3 is 14.4 Å². The molecule has 0 aromatic heterocycles. The van der Waals surface area contributed by atoms with E-state index in [4.69, 9.17) is 9.47 Å². The predicted octanol–water partition coefficient (Wildman–Crippen LogP) is 4.30. The summed E-state index contributed by atoms with van der Waals surface area (Å²) in [5.74, 6) is -1.25. The number of esters is 1. The van der Waals surface area contributed by atoms with Crippen molar-refractivity contribution >= 4 is 29.3 Å². The van der Waals surface area contributed by atoms with Gasteiger partial charge in [0.15, 0.2) is 11.6 Å². The summed E-state index contributed by atoms with van der Waals surface area (Å²) >= 11 is 0. The molecule has 3 atom stereocenters. The minimum atomic E-state index is -1.53. The second-order valence-corrected chi connectivity index (χ2v) is 9.07. The van der Waals surface area contributed by atoms with Crippen molar-refractivity contribution in [1.29, 1.82) is 0 Å². The molecular formula is C29H23NO5. The molecule has 1 spiro atoms. The summed E-state index contributed by atoms with van der Waals surface area (Å²) in [7, 11) is 2.90. The number of para-hydroxylation sites is 1. The molecule has 6 nitrogen and oxygen atoms in total. The number of hydrogen-bond donors (Lipinski definition) is 0. The van der Waals surface area contributed by atoms with E-state index in [1.165, 1.54) is 7.11 Å². The average molecular weight is 466 g/mol. The summed E-state index contributed by atoms with van der Waals surface area (Å²) in [6, 6.07) is 20.3. The van der Waals surface area contributed by atoms with Gasteiger partial charge in [-0.3, -0.25) is 9.59 Å². The van der Waals surface area contributed by atoms with Crippen LogP contribution in [-0.4, -0.2) is 43.8 Å². The number of carbonyl (C=O) groups excluding carboxylic acids is 3. The molecule has 0 amide bonds. The zero-order valence-corrected chi connectivity index (χ0v) is 19.3. The highest BCUT2D eigenvalue weighted by Crippen LogP contribution is 2.60. The molecule has 2 aliphatic heterocycles. The lowest BCUT2D eigenvalue weighted by Gasteiger charge is -2.36. The minimum absolute atomic E-state index is 0.267. The Balaban J connectivity index is 1.69. The van der Waals surface area contributed by atoms with Gasteiger partial charge in [0, 0.05) is 22.7 Å². The molecule has 1 saturated heterocycles. The number of hydrogen-bond acceptors (Lipinski definition) is 6. The number of carbonyl (C=O) groups is 3. The van der Waals surface area contributed by atoms with Gasteiger partial charge >= 0.3 is 5.97 Å². The van der Waals surface area contributed by atoms with Gasteiger partial charge in [-0.1, -0.05) is 66.7 Å². The quantitative estimate of drug-likeness (QED) is 0.424. The summed E-state index contributed by atoms with van der Waals surface area (Å²) in [5.41, 5.74) is 1.63. The van der Waals surface area contributed by atoms with E-state index >= 15 is 0 Å². The Kier molecular flexibility index (Phi) is 4.68. The van der Waals surface area contributed by atoms with E-state index in [1.54, 1.807) is 43.5 Å². The monoisotopic (exact) mass is 465 g/mol. The fourth-order valence-corrected chi connectivity index (χ4v) is 6.22. The highest BCUT2D eigenvalue weighted by molar-refractivity contribution is 6.32. The fraction of sp³-hybridized carbons (Fsp3) is 0.207. The number of nitrogens with zero attached hydrogens (tertiary/aromatic N) is 1. The molecular weight excluding hydrogens is 442 g/mol. The molecule has 0 bridgehead atoms. The predicted molar refractivity (Wildman–Crippen MR) is 131 cm³/mol. The lowest BCUT2D eigenvalue weighted by molar-refractivity contribution is -0.142. The second kappa shape index (κ2) is 7.67. The van der Waals surface area contributed by atoms with Gasteiger partial charge in [0.05, 0.1) is 20.3 Å². The van der Waals surface area contributed by atoms with E-state index in [1.807, 2.05) is 53.5 Å². The van der Waals surface area contributed by atoms with Gasteiger partial charge in [0.25, 0.3) is 0 Å². The zero-order valence-electron chi connectivity index (χ0n) is 19.3. The van der Waals surface area contributed by atoms with Crippen LogP contribution < -0.4 is 9.64 Å². The van der Waals surface area contributed by atoms with E-state index in [-0.39, 0.29) is 11.6 Å². The normalized spacial score (nSPS) is 23.1. The number of benzene rings is 3. The Morgan fingerprint density at radius 1 is 0.886 bits per heavy atom. The van der Waals surface area contributed by atoms with Crippen LogP contribution in [-0.2, 0) is 9.53 Å². The topological polar surface area (TPSA) is 72.9 Å². The van der Waals surface area contributed by atoms with Crippen LogP contribution in [0.3, 0.4) is 0 Å². The summed E-state index contributed by atoms with van der Waals surface area (Å²) < 4.78 is 10.8. The molecule has 0 saturated carbocycles. The summed E-state index contributed by atoms with van der Waals surface area (Å²) in [5, 5.41) is 0. The third-order valence-electron chi connectivity index (χ3n) is 7.61. The van der Waals surface area contributed by atoms with Gasteiger partial charge in [-0.15, -0.1) is 0 Å². The number of Topliss-reactive ketones (excluding diaryl/α,β-unsaturated/α-hetero) is 2. The standard InChI is InChI=1S/C29H23NO5/c1-34-19-10-7-9-18(16-19)24-25(28(33)35-2)30-22-13-6-3-8-17(22)14-15-23(30)29(24)26(31)20-11-4-5-12-21(20)27(29)32/h3-16,23-25H,1-2H3. The van der Waals surface area contributed by atoms with E-state index in [2.05, 4.69) is 0 Å². The second-order valence-electron chi connectivity index (χ2n) is 9.07. The first-order valence-electron chi connectivity index (χ1n) is 11.5. The summed E-state index contributed by atoms with van der Waals surface area (Å²) in [6.07, 6.45) is 3.82. The van der Waals surface area contributed by atoms with Crippen molar-refractivity contribution in [3.05, 3.63) is 101 Å². The Labute approximate surface area is 202 Å². The molecule has 0 radical (unpaired) electrons. The number of rotatable bonds is 3.